The van der Waals surface area contributed by atoms with E-state index in [1.807, 2.05) is 56.5 Å². The summed E-state index contributed by atoms with van der Waals surface area (Å²) in [6, 6.07) is 12.7. The Morgan fingerprint density at radius 2 is 1.68 bits per heavy atom. The molecule has 0 saturated heterocycles. The summed E-state index contributed by atoms with van der Waals surface area (Å²) in [7, 11) is 0. The van der Waals surface area contributed by atoms with E-state index in [9.17, 15) is 9.59 Å². The molecule has 34 heavy (non-hydrogen) atoms. The number of ether oxygens (including phenoxy) is 3. The minimum atomic E-state index is -0.283. The zero-order valence-electron chi connectivity index (χ0n) is 19.6. The number of amides is 2. The van der Waals surface area contributed by atoms with Crippen molar-refractivity contribution in [1.82, 2.24) is 0 Å². The van der Waals surface area contributed by atoms with Crippen molar-refractivity contribution in [3.05, 3.63) is 63.8 Å². The molecule has 3 aromatic rings. The highest BCUT2D eigenvalue weighted by Gasteiger charge is 2.26. The summed E-state index contributed by atoms with van der Waals surface area (Å²) < 4.78 is 17.2. The molecule has 0 bridgehead atoms. The fourth-order valence-electron chi connectivity index (χ4n) is 3.95. The standard InChI is InChI=1S/C26H28N2O5S/c1-4-31-21-15-18(16-22(32-5-2)24(21)33-6-3)25(29)27-19-9-10-20-17(14-19)11-12-28(20)26(30)23-8-7-13-34-23/h7-10,13-16H,4-6,11-12H2,1-3H3,(H,27,29). The van der Waals surface area contributed by atoms with Crippen LogP contribution in [0.2, 0.25) is 0 Å². The second-order valence-electron chi connectivity index (χ2n) is 7.58. The Kier molecular flexibility index (Phi) is 7.37. The van der Waals surface area contributed by atoms with Gasteiger partial charge in [-0.2, -0.15) is 0 Å². The second kappa shape index (κ2) is 10.6. The van der Waals surface area contributed by atoms with Crippen molar-refractivity contribution >= 4 is 34.5 Å². The van der Waals surface area contributed by atoms with Crippen molar-refractivity contribution in [2.75, 3.05) is 36.6 Å². The zero-order valence-corrected chi connectivity index (χ0v) is 20.4. The van der Waals surface area contributed by atoms with E-state index in [0.29, 0.717) is 54.9 Å². The van der Waals surface area contributed by atoms with Crippen LogP contribution in [0.1, 0.15) is 46.4 Å². The number of fused-ring (bicyclic) bond motifs is 1. The van der Waals surface area contributed by atoms with Crippen LogP contribution >= 0.6 is 11.3 Å². The monoisotopic (exact) mass is 480 g/mol. The maximum absolute atomic E-state index is 13.1. The molecule has 0 saturated carbocycles. The topological polar surface area (TPSA) is 77.1 Å². The molecule has 0 fully saturated rings. The van der Waals surface area contributed by atoms with E-state index in [1.165, 1.54) is 11.3 Å². The molecule has 4 rings (SSSR count). The van der Waals surface area contributed by atoms with Crippen molar-refractivity contribution in [3.8, 4) is 17.2 Å². The Bertz CT molecular complexity index is 1150. The first kappa shape index (κ1) is 23.6. The van der Waals surface area contributed by atoms with Crippen LogP contribution in [-0.2, 0) is 6.42 Å². The molecule has 0 unspecified atom stereocenters. The predicted octanol–water partition coefficient (Wildman–Crippen LogP) is 5.40. The summed E-state index contributed by atoms with van der Waals surface area (Å²) in [5.74, 6) is 1.16. The maximum Gasteiger partial charge on any atom is 0.268 e. The predicted molar refractivity (Wildman–Crippen MR) is 134 cm³/mol. The quantitative estimate of drug-likeness (QED) is 0.444. The van der Waals surface area contributed by atoms with Gasteiger partial charge in [-0.15, -0.1) is 11.3 Å². The lowest BCUT2D eigenvalue weighted by molar-refractivity contribution is 0.0991. The van der Waals surface area contributed by atoms with Crippen molar-refractivity contribution < 1.29 is 23.8 Å². The molecule has 2 heterocycles. The van der Waals surface area contributed by atoms with Gasteiger partial charge in [-0.3, -0.25) is 9.59 Å². The van der Waals surface area contributed by atoms with Gasteiger partial charge in [0.25, 0.3) is 11.8 Å². The van der Waals surface area contributed by atoms with Gasteiger partial charge in [0.2, 0.25) is 5.75 Å². The van der Waals surface area contributed by atoms with E-state index in [1.54, 1.807) is 17.0 Å². The van der Waals surface area contributed by atoms with Crippen molar-refractivity contribution in [3.63, 3.8) is 0 Å². The number of anilines is 2. The van der Waals surface area contributed by atoms with Crippen molar-refractivity contribution in [1.29, 1.82) is 0 Å². The van der Waals surface area contributed by atoms with Crippen LogP contribution in [0.4, 0.5) is 11.4 Å². The normalized spacial score (nSPS) is 12.3. The smallest absolute Gasteiger partial charge is 0.268 e. The number of hydrogen-bond donors (Lipinski definition) is 1. The molecule has 1 N–H and O–H groups in total. The zero-order chi connectivity index (χ0) is 24.1. The summed E-state index contributed by atoms with van der Waals surface area (Å²) in [6.07, 6.45) is 0.738. The van der Waals surface area contributed by atoms with Gasteiger partial charge in [-0.05, 0) is 74.5 Å². The van der Waals surface area contributed by atoms with Crippen LogP contribution in [0.15, 0.2) is 47.8 Å². The lowest BCUT2D eigenvalue weighted by Crippen LogP contribution is -2.28. The minimum Gasteiger partial charge on any atom is -0.490 e. The molecule has 1 aliphatic rings. The Labute approximate surface area is 203 Å². The van der Waals surface area contributed by atoms with Gasteiger partial charge in [0, 0.05) is 23.5 Å². The Hall–Kier alpha value is -3.52. The van der Waals surface area contributed by atoms with Crippen LogP contribution in [0, 0.1) is 0 Å². The van der Waals surface area contributed by atoms with Gasteiger partial charge >= 0.3 is 0 Å². The summed E-state index contributed by atoms with van der Waals surface area (Å²) in [5.41, 5.74) is 2.98. The molecule has 0 spiro atoms. The van der Waals surface area contributed by atoms with Crippen LogP contribution in [0.25, 0.3) is 0 Å². The average Bonchev–Trinajstić information content (AvgIpc) is 3.51. The maximum atomic E-state index is 13.1. The third-order valence-corrected chi connectivity index (χ3v) is 6.24. The molecular weight excluding hydrogens is 452 g/mol. The molecule has 8 heteroatoms. The lowest BCUT2D eigenvalue weighted by atomic mass is 10.1. The van der Waals surface area contributed by atoms with Gasteiger partial charge in [-0.25, -0.2) is 0 Å². The number of thiophene rings is 1. The lowest BCUT2D eigenvalue weighted by Gasteiger charge is -2.18. The third-order valence-electron chi connectivity index (χ3n) is 5.38. The van der Waals surface area contributed by atoms with Gasteiger partial charge in [0.05, 0.1) is 24.7 Å². The summed E-state index contributed by atoms with van der Waals surface area (Å²) in [6.45, 7) is 7.57. The van der Waals surface area contributed by atoms with Crippen LogP contribution < -0.4 is 24.4 Å². The molecule has 0 atom stereocenters. The Balaban J connectivity index is 1.56. The molecule has 7 nitrogen and oxygen atoms in total. The Morgan fingerprint density at radius 3 is 2.29 bits per heavy atom. The van der Waals surface area contributed by atoms with E-state index < -0.39 is 0 Å². The first-order chi connectivity index (χ1) is 16.5. The fourth-order valence-corrected chi connectivity index (χ4v) is 4.62. The van der Waals surface area contributed by atoms with Crippen molar-refractivity contribution in [2.24, 2.45) is 0 Å². The number of rotatable bonds is 9. The van der Waals surface area contributed by atoms with Crippen LogP contribution in [0.5, 0.6) is 17.2 Å². The number of nitrogens with one attached hydrogen (secondary N) is 1. The summed E-state index contributed by atoms with van der Waals surface area (Å²) in [4.78, 5) is 28.4. The molecular formula is C26H28N2O5S. The van der Waals surface area contributed by atoms with E-state index in [4.69, 9.17) is 14.2 Å². The third kappa shape index (κ3) is 4.87. The van der Waals surface area contributed by atoms with Crippen molar-refractivity contribution in [2.45, 2.75) is 27.2 Å². The first-order valence-corrected chi connectivity index (χ1v) is 12.3. The van der Waals surface area contributed by atoms with Crippen LogP contribution in [0.3, 0.4) is 0 Å². The fraction of sp³-hybridized carbons (Fsp3) is 0.308. The molecule has 178 valence electrons. The van der Waals surface area contributed by atoms with Crippen LogP contribution in [-0.4, -0.2) is 38.2 Å². The van der Waals surface area contributed by atoms with E-state index in [2.05, 4.69) is 5.32 Å². The summed E-state index contributed by atoms with van der Waals surface area (Å²) in [5, 5.41) is 4.86. The number of carbonyl (C=O) groups is 2. The minimum absolute atomic E-state index is 0.00632. The SMILES string of the molecule is CCOc1cc(C(=O)Nc2ccc3c(c2)CCN3C(=O)c2cccs2)cc(OCC)c1OCC. The molecule has 2 amide bonds. The number of nitrogens with zero attached hydrogens (tertiary/aromatic N) is 1. The first-order valence-electron chi connectivity index (χ1n) is 11.4. The second-order valence-corrected chi connectivity index (χ2v) is 8.53. The van der Waals surface area contributed by atoms with Gasteiger partial charge < -0.3 is 24.4 Å². The highest BCUT2D eigenvalue weighted by atomic mass is 32.1. The number of benzene rings is 2. The van der Waals surface area contributed by atoms with Gasteiger partial charge in [-0.1, -0.05) is 6.07 Å². The van der Waals surface area contributed by atoms with Gasteiger partial charge in [0.15, 0.2) is 11.5 Å². The number of hydrogen-bond acceptors (Lipinski definition) is 6. The molecule has 0 aliphatic carbocycles. The highest BCUT2D eigenvalue weighted by Crippen LogP contribution is 2.39. The summed E-state index contributed by atoms with van der Waals surface area (Å²) >= 11 is 1.44. The van der Waals surface area contributed by atoms with E-state index >= 15 is 0 Å². The molecule has 1 aromatic heterocycles. The highest BCUT2D eigenvalue weighted by molar-refractivity contribution is 7.12. The molecule has 2 aromatic carbocycles. The Morgan fingerprint density at radius 1 is 0.971 bits per heavy atom. The van der Waals surface area contributed by atoms with Gasteiger partial charge in [0.1, 0.15) is 0 Å². The largest absolute Gasteiger partial charge is 0.490 e. The molecule has 1 aliphatic heterocycles. The van der Waals surface area contributed by atoms with E-state index in [0.717, 1.165) is 22.5 Å². The molecule has 0 radical (unpaired) electrons. The van der Waals surface area contributed by atoms with E-state index in [-0.39, 0.29) is 11.8 Å². The average molecular weight is 481 g/mol. The number of carbonyl (C=O) groups excluding carboxylic acids is 2.